The van der Waals surface area contributed by atoms with Gasteiger partial charge in [0.25, 0.3) is 0 Å². The second-order valence-corrected chi connectivity index (χ2v) is 4.85. The van der Waals surface area contributed by atoms with E-state index in [4.69, 9.17) is 4.74 Å². The molecule has 0 aliphatic rings. The van der Waals surface area contributed by atoms with Crippen molar-refractivity contribution in [1.29, 1.82) is 0 Å². The Morgan fingerprint density at radius 1 is 1.17 bits per heavy atom. The third-order valence-corrected chi connectivity index (χ3v) is 3.22. The molecular weight excluding hydrogens is 228 g/mol. The summed E-state index contributed by atoms with van der Waals surface area (Å²) in [4.78, 5) is 12.0. The monoisotopic (exact) mass is 258 g/mol. The standard InChI is InChI=1S/C14H30N2O2/c1-6-9-13(10-18-5)15-11(4)14(17)16-12(7-2)8-3/h11-13,15H,6-10H2,1-5H3,(H,16,17). The van der Waals surface area contributed by atoms with Gasteiger partial charge in [-0.3, -0.25) is 4.79 Å². The molecule has 4 nitrogen and oxygen atoms in total. The molecule has 0 bridgehead atoms. The maximum atomic E-state index is 12.0. The second kappa shape index (κ2) is 10.3. The number of hydrogen-bond donors (Lipinski definition) is 2. The van der Waals surface area contributed by atoms with Gasteiger partial charge in [0.1, 0.15) is 0 Å². The highest BCUT2D eigenvalue weighted by Crippen LogP contribution is 2.01. The SMILES string of the molecule is CCCC(COC)NC(C)C(=O)NC(CC)CC. The molecule has 0 aromatic rings. The maximum Gasteiger partial charge on any atom is 0.237 e. The van der Waals surface area contributed by atoms with E-state index in [1.165, 1.54) is 0 Å². The van der Waals surface area contributed by atoms with E-state index in [0.29, 0.717) is 6.61 Å². The zero-order valence-corrected chi connectivity index (χ0v) is 12.6. The number of methoxy groups -OCH3 is 1. The van der Waals surface area contributed by atoms with Gasteiger partial charge in [0, 0.05) is 19.2 Å². The van der Waals surface area contributed by atoms with Crippen molar-refractivity contribution in [3.8, 4) is 0 Å². The number of amides is 1. The van der Waals surface area contributed by atoms with Crippen LogP contribution in [0.3, 0.4) is 0 Å². The van der Waals surface area contributed by atoms with Crippen LogP contribution < -0.4 is 10.6 Å². The minimum Gasteiger partial charge on any atom is -0.383 e. The van der Waals surface area contributed by atoms with E-state index in [9.17, 15) is 4.79 Å². The Morgan fingerprint density at radius 3 is 2.22 bits per heavy atom. The fourth-order valence-corrected chi connectivity index (χ4v) is 2.01. The van der Waals surface area contributed by atoms with Gasteiger partial charge in [-0.15, -0.1) is 0 Å². The molecule has 18 heavy (non-hydrogen) atoms. The Balaban J connectivity index is 4.18. The van der Waals surface area contributed by atoms with E-state index in [2.05, 4.69) is 31.4 Å². The van der Waals surface area contributed by atoms with Crippen molar-refractivity contribution in [2.45, 2.75) is 71.5 Å². The summed E-state index contributed by atoms with van der Waals surface area (Å²) in [7, 11) is 1.69. The first kappa shape index (κ1) is 17.4. The van der Waals surface area contributed by atoms with Crippen LogP contribution in [0, 0.1) is 0 Å². The largest absolute Gasteiger partial charge is 0.383 e. The molecule has 108 valence electrons. The van der Waals surface area contributed by atoms with E-state index in [1.54, 1.807) is 7.11 Å². The van der Waals surface area contributed by atoms with Crippen LogP contribution in [0.25, 0.3) is 0 Å². The number of ether oxygens (including phenoxy) is 1. The first-order valence-corrected chi connectivity index (χ1v) is 7.14. The summed E-state index contributed by atoms with van der Waals surface area (Å²) in [6.45, 7) is 8.89. The molecule has 0 aliphatic carbocycles. The summed E-state index contributed by atoms with van der Waals surface area (Å²) in [6, 6.07) is 0.369. The first-order chi connectivity index (χ1) is 8.58. The fraction of sp³-hybridized carbons (Fsp3) is 0.929. The number of carbonyl (C=O) groups is 1. The second-order valence-electron chi connectivity index (χ2n) is 4.85. The van der Waals surface area contributed by atoms with Crippen molar-refractivity contribution in [1.82, 2.24) is 10.6 Å². The number of carbonyl (C=O) groups excluding carboxylic acids is 1. The number of nitrogens with one attached hydrogen (secondary N) is 2. The Hall–Kier alpha value is -0.610. The smallest absolute Gasteiger partial charge is 0.237 e. The molecule has 0 saturated carbocycles. The molecule has 0 aromatic carbocycles. The molecule has 4 heteroatoms. The molecule has 1 amide bonds. The van der Waals surface area contributed by atoms with E-state index >= 15 is 0 Å². The predicted octanol–water partition coefficient (Wildman–Crippen LogP) is 2.08. The van der Waals surface area contributed by atoms with Gasteiger partial charge >= 0.3 is 0 Å². The highest BCUT2D eigenvalue weighted by atomic mass is 16.5. The lowest BCUT2D eigenvalue weighted by Crippen LogP contribution is -2.50. The topological polar surface area (TPSA) is 50.4 Å². The number of hydrogen-bond acceptors (Lipinski definition) is 3. The first-order valence-electron chi connectivity index (χ1n) is 7.14. The molecule has 0 saturated heterocycles. The van der Waals surface area contributed by atoms with E-state index in [-0.39, 0.29) is 24.0 Å². The molecule has 0 aliphatic heterocycles. The predicted molar refractivity (Wildman–Crippen MR) is 75.7 cm³/mol. The Morgan fingerprint density at radius 2 is 1.78 bits per heavy atom. The Bertz CT molecular complexity index is 212. The average molecular weight is 258 g/mol. The third-order valence-electron chi connectivity index (χ3n) is 3.22. The number of rotatable bonds is 10. The molecule has 0 spiro atoms. The van der Waals surface area contributed by atoms with Crippen LogP contribution in [0.2, 0.25) is 0 Å². The maximum absolute atomic E-state index is 12.0. The molecule has 0 heterocycles. The quantitative estimate of drug-likeness (QED) is 0.631. The van der Waals surface area contributed by atoms with Gasteiger partial charge in [-0.1, -0.05) is 27.2 Å². The van der Waals surface area contributed by atoms with Gasteiger partial charge in [0.05, 0.1) is 12.6 Å². The lowest BCUT2D eigenvalue weighted by Gasteiger charge is -2.24. The average Bonchev–Trinajstić information content (AvgIpc) is 2.36. The summed E-state index contributed by atoms with van der Waals surface area (Å²) in [6.07, 6.45) is 4.06. The van der Waals surface area contributed by atoms with Gasteiger partial charge in [0.15, 0.2) is 0 Å². The van der Waals surface area contributed by atoms with E-state index < -0.39 is 0 Å². The third kappa shape index (κ3) is 6.97. The van der Waals surface area contributed by atoms with Gasteiger partial charge in [-0.25, -0.2) is 0 Å². The van der Waals surface area contributed by atoms with Crippen LogP contribution in [-0.4, -0.2) is 37.7 Å². The molecule has 2 atom stereocenters. The lowest BCUT2D eigenvalue weighted by molar-refractivity contribution is -0.123. The molecular formula is C14H30N2O2. The van der Waals surface area contributed by atoms with E-state index in [0.717, 1.165) is 25.7 Å². The molecule has 2 unspecified atom stereocenters. The van der Waals surface area contributed by atoms with Crippen molar-refractivity contribution >= 4 is 5.91 Å². The summed E-state index contributed by atoms with van der Waals surface area (Å²) in [5, 5.41) is 6.40. The zero-order chi connectivity index (χ0) is 14.0. The van der Waals surface area contributed by atoms with Gasteiger partial charge in [-0.2, -0.15) is 0 Å². The van der Waals surface area contributed by atoms with Crippen molar-refractivity contribution < 1.29 is 9.53 Å². The minimum absolute atomic E-state index is 0.0842. The molecule has 0 fully saturated rings. The molecule has 2 N–H and O–H groups in total. The van der Waals surface area contributed by atoms with Crippen LogP contribution in [-0.2, 0) is 9.53 Å². The van der Waals surface area contributed by atoms with Crippen LogP contribution in [0.5, 0.6) is 0 Å². The van der Waals surface area contributed by atoms with Crippen molar-refractivity contribution in [3.63, 3.8) is 0 Å². The summed E-state index contributed by atoms with van der Waals surface area (Å²) in [5.41, 5.74) is 0. The van der Waals surface area contributed by atoms with Crippen LogP contribution in [0.1, 0.15) is 53.4 Å². The highest BCUT2D eigenvalue weighted by Gasteiger charge is 2.18. The molecule has 0 rings (SSSR count). The minimum atomic E-state index is -0.169. The summed E-state index contributed by atoms with van der Waals surface area (Å²) < 4.78 is 5.17. The molecule has 0 aromatic heterocycles. The van der Waals surface area contributed by atoms with Gasteiger partial charge in [-0.05, 0) is 26.2 Å². The Labute approximate surface area is 112 Å². The van der Waals surface area contributed by atoms with Gasteiger partial charge in [0.2, 0.25) is 5.91 Å². The summed E-state index contributed by atoms with van der Waals surface area (Å²) in [5.74, 6) is 0.0842. The lowest BCUT2D eigenvalue weighted by atomic mass is 10.1. The summed E-state index contributed by atoms with van der Waals surface area (Å²) >= 11 is 0. The molecule has 0 radical (unpaired) electrons. The fourth-order valence-electron chi connectivity index (χ4n) is 2.01. The normalized spacial score (nSPS) is 14.6. The highest BCUT2D eigenvalue weighted by molar-refractivity contribution is 5.81. The van der Waals surface area contributed by atoms with E-state index in [1.807, 2.05) is 6.92 Å². The van der Waals surface area contributed by atoms with Crippen LogP contribution >= 0.6 is 0 Å². The van der Waals surface area contributed by atoms with Crippen LogP contribution in [0.15, 0.2) is 0 Å². The zero-order valence-electron chi connectivity index (χ0n) is 12.6. The van der Waals surface area contributed by atoms with Crippen LogP contribution in [0.4, 0.5) is 0 Å². The van der Waals surface area contributed by atoms with Crippen molar-refractivity contribution in [3.05, 3.63) is 0 Å². The Kier molecular flexibility index (Phi) is 9.98. The van der Waals surface area contributed by atoms with Crippen molar-refractivity contribution in [2.24, 2.45) is 0 Å². The van der Waals surface area contributed by atoms with Gasteiger partial charge < -0.3 is 15.4 Å². The van der Waals surface area contributed by atoms with Crippen molar-refractivity contribution in [2.75, 3.05) is 13.7 Å².